The van der Waals surface area contributed by atoms with Crippen molar-refractivity contribution >= 4 is 11.4 Å². The lowest BCUT2D eigenvalue weighted by Crippen LogP contribution is -1.99. The number of nitrogen functional groups attached to an aromatic ring is 2. The Labute approximate surface area is 287 Å². The lowest BCUT2D eigenvalue weighted by molar-refractivity contribution is 0.613. The van der Waals surface area contributed by atoms with Gasteiger partial charge in [-0.3, -0.25) is 0 Å². The molecule has 0 aromatic heterocycles. The molecule has 0 saturated carbocycles. The molecular formula is C45H62N2. The van der Waals surface area contributed by atoms with Crippen molar-refractivity contribution in [2.24, 2.45) is 0 Å². The zero-order valence-electron chi connectivity index (χ0n) is 29.7. The molecule has 4 rings (SSSR count). The molecule has 252 valence electrons. The molecule has 0 atom stereocenters. The second kappa shape index (κ2) is 20.7. The fourth-order valence-electron chi connectivity index (χ4n) is 6.86. The number of anilines is 2. The normalized spacial score (nSPS) is 11.3. The van der Waals surface area contributed by atoms with E-state index in [0.29, 0.717) is 0 Å². The molecule has 0 bridgehead atoms. The van der Waals surface area contributed by atoms with Crippen LogP contribution < -0.4 is 11.5 Å². The molecule has 0 aliphatic heterocycles. The molecule has 0 radical (unpaired) electrons. The topological polar surface area (TPSA) is 52.0 Å². The van der Waals surface area contributed by atoms with E-state index in [1.54, 1.807) is 0 Å². The molecule has 0 spiro atoms. The molecule has 2 nitrogen and oxygen atoms in total. The second-order valence-electron chi connectivity index (χ2n) is 13.9. The van der Waals surface area contributed by atoms with Crippen LogP contribution in [-0.2, 0) is 38.5 Å². The van der Waals surface area contributed by atoms with Crippen LogP contribution in [0.4, 0.5) is 11.4 Å². The minimum atomic E-state index is 0.885. The first-order valence-corrected chi connectivity index (χ1v) is 18.9. The maximum atomic E-state index is 6.13. The molecular weight excluding hydrogens is 569 g/mol. The van der Waals surface area contributed by atoms with Crippen LogP contribution in [0.3, 0.4) is 0 Å². The average Bonchev–Trinajstić information content (AvgIpc) is 3.08. The van der Waals surface area contributed by atoms with E-state index in [0.717, 1.165) is 37.1 Å². The SMILES string of the molecule is CCCCCCc1cc(N)ccc1Cc1ccc(CCCCCCCc2ccc(Cc3ccc(N)cc3CCCCCC)cc2)cc1. The summed E-state index contributed by atoms with van der Waals surface area (Å²) in [5, 5.41) is 0. The number of benzene rings is 4. The van der Waals surface area contributed by atoms with Gasteiger partial charge in [-0.2, -0.15) is 0 Å². The number of unbranched alkanes of at least 4 members (excludes halogenated alkanes) is 10. The number of nitrogens with two attached hydrogens (primary N) is 2. The van der Waals surface area contributed by atoms with Gasteiger partial charge < -0.3 is 11.5 Å². The monoisotopic (exact) mass is 630 g/mol. The van der Waals surface area contributed by atoms with Crippen LogP contribution in [0.25, 0.3) is 0 Å². The number of aryl methyl sites for hydroxylation is 4. The van der Waals surface area contributed by atoms with Crippen LogP contribution in [0.5, 0.6) is 0 Å². The third-order valence-corrected chi connectivity index (χ3v) is 9.83. The fraction of sp³-hybridized carbons (Fsp3) is 0.467. The average molecular weight is 631 g/mol. The van der Waals surface area contributed by atoms with Gasteiger partial charge in [0.25, 0.3) is 0 Å². The van der Waals surface area contributed by atoms with Gasteiger partial charge in [0.15, 0.2) is 0 Å². The summed E-state index contributed by atoms with van der Waals surface area (Å²) in [6, 6.07) is 31.7. The highest BCUT2D eigenvalue weighted by molar-refractivity contribution is 5.47. The summed E-state index contributed by atoms with van der Waals surface area (Å²) in [6.07, 6.45) is 23.4. The van der Waals surface area contributed by atoms with Crippen molar-refractivity contribution in [2.75, 3.05) is 11.5 Å². The molecule has 2 heteroatoms. The Morgan fingerprint density at radius 2 is 0.681 bits per heavy atom. The number of hydrogen-bond donors (Lipinski definition) is 2. The predicted octanol–water partition coefficient (Wildman–Crippen LogP) is 12.0. The molecule has 47 heavy (non-hydrogen) atoms. The molecule has 4 N–H and O–H groups in total. The third kappa shape index (κ3) is 13.3. The van der Waals surface area contributed by atoms with Gasteiger partial charge in [-0.15, -0.1) is 0 Å². The highest BCUT2D eigenvalue weighted by atomic mass is 14.5. The molecule has 0 unspecified atom stereocenters. The van der Waals surface area contributed by atoms with Crippen LogP contribution in [0.1, 0.15) is 142 Å². The lowest BCUT2D eigenvalue weighted by atomic mass is 9.94. The van der Waals surface area contributed by atoms with Crippen molar-refractivity contribution in [2.45, 2.75) is 136 Å². The molecule has 0 heterocycles. The van der Waals surface area contributed by atoms with Crippen molar-refractivity contribution in [3.63, 3.8) is 0 Å². The number of rotatable bonds is 22. The van der Waals surface area contributed by atoms with E-state index in [9.17, 15) is 0 Å². The summed E-state index contributed by atoms with van der Waals surface area (Å²) >= 11 is 0. The van der Waals surface area contributed by atoms with E-state index < -0.39 is 0 Å². The first kappa shape index (κ1) is 36.3. The van der Waals surface area contributed by atoms with Crippen molar-refractivity contribution in [3.8, 4) is 0 Å². The third-order valence-electron chi connectivity index (χ3n) is 9.83. The summed E-state index contributed by atoms with van der Waals surface area (Å²) in [5.41, 5.74) is 25.5. The van der Waals surface area contributed by atoms with Crippen LogP contribution in [0, 0.1) is 0 Å². The van der Waals surface area contributed by atoms with E-state index in [4.69, 9.17) is 11.5 Å². The molecule has 0 fully saturated rings. The Morgan fingerprint density at radius 1 is 0.340 bits per heavy atom. The van der Waals surface area contributed by atoms with E-state index in [1.165, 1.54) is 141 Å². The van der Waals surface area contributed by atoms with Gasteiger partial charge in [0.1, 0.15) is 0 Å². The number of hydrogen-bond acceptors (Lipinski definition) is 2. The Morgan fingerprint density at radius 3 is 1.09 bits per heavy atom. The zero-order valence-corrected chi connectivity index (χ0v) is 29.7. The Bertz CT molecular complexity index is 1320. The first-order chi connectivity index (χ1) is 23.0. The molecule has 0 aliphatic rings. The van der Waals surface area contributed by atoms with E-state index >= 15 is 0 Å². The minimum absolute atomic E-state index is 0.885. The fourth-order valence-corrected chi connectivity index (χ4v) is 6.86. The standard InChI is InChI=1S/C45H62N2/c1-3-5-7-14-18-40-34-44(46)30-28-42(40)32-38-24-20-36(21-25-38)16-12-10-9-11-13-17-37-22-26-39(27-23-37)33-43-29-31-45(47)35-41(43)19-15-8-6-4-2/h20-31,34-35H,3-19,32-33,46-47H2,1-2H3. The van der Waals surface area contributed by atoms with Gasteiger partial charge in [-0.1, -0.05) is 132 Å². The highest BCUT2D eigenvalue weighted by Crippen LogP contribution is 2.23. The van der Waals surface area contributed by atoms with Gasteiger partial charge in [0, 0.05) is 11.4 Å². The van der Waals surface area contributed by atoms with Gasteiger partial charge >= 0.3 is 0 Å². The van der Waals surface area contributed by atoms with Crippen molar-refractivity contribution in [1.29, 1.82) is 0 Å². The van der Waals surface area contributed by atoms with Crippen LogP contribution in [-0.4, -0.2) is 0 Å². The Balaban J connectivity index is 1.12. The maximum absolute atomic E-state index is 6.13. The Kier molecular flexibility index (Phi) is 16.0. The van der Waals surface area contributed by atoms with Gasteiger partial charge in [0.05, 0.1) is 0 Å². The second-order valence-corrected chi connectivity index (χ2v) is 13.9. The Hall–Kier alpha value is -3.52. The highest BCUT2D eigenvalue weighted by Gasteiger charge is 2.07. The maximum Gasteiger partial charge on any atom is 0.0316 e. The predicted molar refractivity (Wildman–Crippen MR) is 206 cm³/mol. The molecule has 0 aliphatic carbocycles. The summed E-state index contributed by atoms with van der Waals surface area (Å²) in [7, 11) is 0. The van der Waals surface area contributed by atoms with E-state index in [2.05, 4.69) is 98.8 Å². The largest absolute Gasteiger partial charge is 0.399 e. The summed E-state index contributed by atoms with van der Waals surface area (Å²) in [6.45, 7) is 4.54. The summed E-state index contributed by atoms with van der Waals surface area (Å²) < 4.78 is 0. The minimum Gasteiger partial charge on any atom is -0.399 e. The summed E-state index contributed by atoms with van der Waals surface area (Å²) in [4.78, 5) is 0. The van der Waals surface area contributed by atoms with Gasteiger partial charge in [0.2, 0.25) is 0 Å². The lowest BCUT2D eigenvalue weighted by Gasteiger charge is -2.12. The van der Waals surface area contributed by atoms with Crippen molar-refractivity contribution < 1.29 is 0 Å². The first-order valence-electron chi connectivity index (χ1n) is 18.9. The molecule has 0 saturated heterocycles. The van der Waals surface area contributed by atoms with Crippen LogP contribution in [0.15, 0.2) is 84.9 Å². The quantitative estimate of drug-likeness (QED) is 0.0670. The van der Waals surface area contributed by atoms with Crippen molar-refractivity contribution in [3.05, 3.63) is 129 Å². The van der Waals surface area contributed by atoms with Gasteiger partial charge in [-0.25, -0.2) is 0 Å². The molecule has 4 aromatic rings. The molecule has 4 aromatic carbocycles. The van der Waals surface area contributed by atoms with E-state index in [-0.39, 0.29) is 0 Å². The van der Waals surface area contributed by atoms with Gasteiger partial charge in [-0.05, 0) is 133 Å². The summed E-state index contributed by atoms with van der Waals surface area (Å²) in [5.74, 6) is 0. The van der Waals surface area contributed by atoms with E-state index in [1.807, 2.05) is 0 Å². The van der Waals surface area contributed by atoms with Crippen molar-refractivity contribution in [1.82, 2.24) is 0 Å². The van der Waals surface area contributed by atoms with Crippen LogP contribution in [0.2, 0.25) is 0 Å². The smallest absolute Gasteiger partial charge is 0.0316 e. The zero-order chi connectivity index (χ0) is 33.1. The molecule has 0 amide bonds. The van der Waals surface area contributed by atoms with Crippen LogP contribution >= 0.6 is 0 Å².